The third kappa shape index (κ3) is 6.82. The van der Waals surface area contributed by atoms with E-state index in [0.29, 0.717) is 10.6 Å². The first-order valence-electron chi connectivity index (χ1n) is 7.34. The van der Waals surface area contributed by atoms with E-state index in [2.05, 4.69) is 40.7 Å². The maximum Gasteiger partial charge on any atom is 0.331 e. The first-order valence-corrected chi connectivity index (χ1v) is 9.47. The molecular weight excluding hydrogens is 332 g/mol. The molecule has 0 aromatic heterocycles. The third-order valence-corrected chi connectivity index (χ3v) is 5.28. The van der Waals surface area contributed by atoms with E-state index in [1.165, 1.54) is 33.0 Å². The molecule has 2 amide bonds. The van der Waals surface area contributed by atoms with Crippen molar-refractivity contribution in [2.75, 3.05) is 39.5 Å². The Balaban J connectivity index is 0.000000366. The number of thiol groups is 1. The van der Waals surface area contributed by atoms with E-state index in [4.69, 9.17) is 0 Å². The monoisotopic (exact) mass is 358 g/mol. The first-order chi connectivity index (χ1) is 10.8. The van der Waals surface area contributed by atoms with Crippen LogP contribution in [0.5, 0.6) is 0 Å². The van der Waals surface area contributed by atoms with E-state index in [1.807, 2.05) is 0 Å². The van der Waals surface area contributed by atoms with Crippen LogP contribution in [0, 0.1) is 0 Å². The summed E-state index contributed by atoms with van der Waals surface area (Å²) in [5, 5.41) is 2.61. The van der Waals surface area contributed by atoms with Crippen LogP contribution in [0.1, 0.15) is 12.8 Å². The molecule has 0 aliphatic carbocycles. The smallest absolute Gasteiger partial charge is 0.307 e. The van der Waals surface area contributed by atoms with Crippen molar-refractivity contribution < 1.29 is 9.00 Å². The lowest BCUT2D eigenvalue weighted by molar-refractivity contribution is 0.243. The Kier molecular flexibility index (Phi) is 7.90. The van der Waals surface area contributed by atoms with Gasteiger partial charge < -0.3 is 10.2 Å². The highest BCUT2D eigenvalue weighted by atomic mass is 32.2. The van der Waals surface area contributed by atoms with Crippen LogP contribution in [-0.4, -0.2) is 59.5 Å². The summed E-state index contributed by atoms with van der Waals surface area (Å²) in [5.74, 6) is 3.59. The van der Waals surface area contributed by atoms with Crippen LogP contribution in [0.15, 0.2) is 29.2 Å². The average Bonchev–Trinajstić information content (AvgIpc) is 2.99. The Hall–Kier alpha value is -1.22. The Bertz CT molecular complexity index is 612. The van der Waals surface area contributed by atoms with Crippen LogP contribution in [0.4, 0.5) is 10.5 Å². The van der Waals surface area contributed by atoms with Crippen molar-refractivity contribution in [1.29, 1.82) is 0 Å². The van der Waals surface area contributed by atoms with Crippen molar-refractivity contribution in [2.45, 2.75) is 17.7 Å². The van der Waals surface area contributed by atoms with Gasteiger partial charge in [-0.25, -0.2) is 13.7 Å². The quantitative estimate of drug-likeness (QED) is 0.571. The number of anilines is 1. The number of urea groups is 1. The molecule has 1 fully saturated rings. The van der Waals surface area contributed by atoms with Crippen molar-refractivity contribution in [3.8, 4) is 0 Å². The van der Waals surface area contributed by atoms with Gasteiger partial charge in [-0.3, -0.25) is 4.31 Å². The molecule has 8 heteroatoms. The summed E-state index contributed by atoms with van der Waals surface area (Å²) in [7, 11) is 2.75. The summed E-state index contributed by atoms with van der Waals surface area (Å²) in [5.41, 5.74) is 0.542. The van der Waals surface area contributed by atoms with E-state index in [0.717, 1.165) is 4.31 Å². The molecule has 1 saturated heterocycles. The van der Waals surface area contributed by atoms with E-state index in [1.54, 1.807) is 31.3 Å². The lowest BCUT2D eigenvalue weighted by Gasteiger charge is -2.13. The second-order valence-corrected chi connectivity index (χ2v) is 8.20. The Morgan fingerprint density at radius 2 is 2.00 bits per heavy atom. The number of hydrogen-bond donors (Lipinski definition) is 3. The molecule has 0 bridgehead atoms. The van der Waals surface area contributed by atoms with Gasteiger partial charge in [0.25, 0.3) is 0 Å². The summed E-state index contributed by atoms with van der Waals surface area (Å²) in [4.78, 5) is 14.3. The van der Waals surface area contributed by atoms with Crippen molar-refractivity contribution >= 4 is 40.1 Å². The number of carbonyl (C=O) groups excluding carboxylic acids is 1. The summed E-state index contributed by atoms with van der Waals surface area (Å²) in [6.45, 7) is 2.64. The zero-order chi connectivity index (χ0) is 17.5. The number of hydrogen-bond acceptors (Lipinski definition) is 4. The van der Waals surface area contributed by atoms with E-state index in [9.17, 15) is 9.00 Å². The van der Waals surface area contributed by atoms with Crippen molar-refractivity contribution in [3.05, 3.63) is 24.3 Å². The van der Waals surface area contributed by atoms with Gasteiger partial charge in [-0.15, -0.1) is 0 Å². The zero-order valence-electron chi connectivity index (χ0n) is 13.9. The van der Waals surface area contributed by atoms with Crippen LogP contribution in [0.3, 0.4) is 0 Å². The molecule has 1 atom stereocenters. The lowest BCUT2D eigenvalue weighted by atomic mass is 10.3. The fourth-order valence-electron chi connectivity index (χ4n) is 1.98. The second-order valence-electron chi connectivity index (χ2n) is 5.37. The second kappa shape index (κ2) is 9.17. The van der Waals surface area contributed by atoms with Crippen LogP contribution in [0.25, 0.3) is 0 Å². The van der Waals surface area contributed by atoms with Crippen molar-refractivity contribution in [3.63, 3.8) is 0 Å². The predicted molar refractivity (Wildman–Crippen MR) is 102 cm³/mol. The van der Waals surface area contributed by atoms with Gasteiger partial charge in [-0.05, 0) is 64.1 Å². The minimum Gasteiger partial charge on any atom is -0.307 e. The van der Waals surface area contributed by atoms with Crippen LogP contribution in [-0.2, 0) is 9.71 Å². The van der Waals surface area contributed by atoms with Gasteiger partial charge in [0.05, 0.1) is 9.71 Å². The lowest BCUT2D eigenvalue weighted by Crippen LogP contribution is -2.23. The summed E-state index contributed by atoms with van der Waals surface area (Å²) >= 11 is 3.86. The summed E-state index contributed by atoms with van der Waals surface area (Å²) in [6, 6.07) is 6.33. The molecule has 130 valence electrons. The molecule has 2 rings (SSSR count). The number of amides is 2. The van der Waals surface area contributed by atoms with Crippen LogP contribution >= 0.6 is 12.8 Å². The number of nitrogens with zero attached hydrogens (tertiary/aromatic N) is 2. The number of carbonyl (C=O) groups is 1. The minimum absolute atomic E-state index is 0.370. The molecule has 2 N–H and O–H groups in total. The molecule has 0 radical (unpaired) electrons. The number of rotatable bonds is 3. The van der Waals surface area contributed by atoms with E-state index < -0.39 is 9.71 Å². The normalized spacial score (nSPS) is 16.9. The summed E-state index contributed by atoms with van der Waals surface area (Å²) < 4.78 is 15.7. The fourth-order valence-corrected chi connectivity index (χ4v) is 2.88. The van der Waals surface area contributed by atoms with Gasteiger partial charge in [-0.1, -0.05) is 18.9 Å². The number of benzene rings is 1. The molecule has 0 spiro atoms. The molecule has 6 nitrogen and oxygen atoms in total. The van der Waals surface area contributed by atoms with Gasteiger partial charge >= 0.3 is 6.03 Å². The summed E-state index contributed by atoms with van der Waals surface area (Å²) in [6.07, 6.45) is 2.83. The molecular formula is C15H26N4O2S2. The molecule has 1 aliphatic heterocycles. The number of likely N-dealkylation sites (tertiary alicyclic amines) is 1. The molecule has 1 aromatic rings. The first kappa shape index (κ1) is 19.8. The maximum atomic E-state index is 12.0. The molecule has 0 saturated carbocycles. The topological polar surface area (TPSA) is 64.7 Å². The average molecular weight is 359 g/mol. The van der Waals surface area contributed by atoms with Crippen molar-refractivity contribution in [1.82, 2.24) is 13.9 Å². The standard InChI is InChI=1S/C10H15N3O2S2.C5H11N/c1-11-17(3,15)9-6-4-5-8(7-9)12-10(14)13(2)16;1-6-4-2-3-5-6/h4-7,16H,3H2,1-2H3,(H,11,15)(H,12,14);2-5H2,1H3. The molecule has 1 heterocycles. The van der Waals surface area contributed by atoms with Gasteiger partial charge in [0.15, 0.2) is 0 Å². The third-order valence-electron chi connectivity index (χ3n) is 3.42. The number of nitrogens with one attached hydrogen (secondary N) is 2. The highest BCUT2D eigenvalue weighted by Crippen LogP contribution is 2.15. The SMILES string of the molecule is C=S(=O)(NC)c1cccc(NC(=O)N(C)S)c1.CN1CCCC1. The van der Waals surface area contributed by atoms with Crippen LogP contribution < -0.4 is 10.0 Å². The largest absolute Gasteiger partial charge is 0.331 e. The van der Waals surface area contributed by atoms with Gasteiger partial charge in [-0.2, -0.15) is 0 Å². The predicted octanol–water partition coefficient (Wildman–Crippen LogP) is 1.92. The van der Waals surface area contributed by atoms with Crippen molar-refractivity contribution in [2.24, 2.45) is 0 Å². The molecule has 1 unspecified atom stereocenters. The molecule has 1 aromatic carbocycles. The van der Waals surface area contributed by atoms with E-state index >= 15 is 0 Å². The van der Waals surface area contributed by atoms with Crippen LogP contribution in [0.2, 0.25) is 0 Å². The maximum absolute atomic E-state index is 12.0. The Morgan fingerprint density at radius 1 is 1.39 bits per heavy atom. The Morgan fingerprint density at radius 3 is 2.43 bits per heavy atom. The Labute approximate surface area is 144 Å². The van der Waals surface area contributed by atoms with Gasteiger partial charge in [0.2, 0.25) is 0 Å². The molecule has 1 aliphatic rings. The highest BCUT2D eigenvalue weighted by molar-refractivity contribution is 7.98. The molecule has 23 heavy (non-hydrogen) atoms. The van der Waals surface area contributed by atoms with E-state index in [-0.39, 0.29) is 6.03 Å². The van der Waals surface area contributed by atoms with Gasteiger partial charge in [0.1, 0.15) is 0 Å². The fraction of sp³-hybridized carbons (Fsp3) is 0.467. The highest BCUT2D eigenvalue weighted by Gasteiger charge is 2.08. The zero-order valence-corrected chi connectivity index (χ0v) is 15.6. The minimum atomic E-state index is -2.51. The van der Waals surface area contributed by atoms with Gasteiger partial charge in [0, 0.05) is 17.6 Å².